The van der Waals surface area contributed by atoms with Crippen molar-refractivity contribution in [3.05, 3.63) is 16.6 Å². The summed E-state index contributed by atoms with van der Waals surface area (Å²) in [6, 6.07) is 0. The second-order valence-corrected chi connectivity index (χ2v) is 4.82. The van der Waals surface area contributed by atoms with Gasteiger partial charge in [-0.25, -0.2) is 4.98 Å². The van der Waals surface area contributed by atoms with Gasteiger partial charge in [0.05, 0.1) is 17.1 Å². The average molecular weight is 225 g/mol. The number of aliphatic carboxylic acids is 1. The quantitative estimate of drug-likeness (QED) is 0.787. The Labute approximate surface area is 93.2 Å². The molecule has 1 aliphatic rings. The Kier molecular flexibility index (Phi) is 3.36. The second kappa shape index (κ2) is 4.75. The first-order valence-electron chi connectivity index (χ1n) is 5.40. The van der Waals surface area contributed by atoms with Crippen LogP contribution in [0.3, 0.4) is 0 Å². The molecule has 0 aromatic carbocycles. The maximum Gasteiger partial charge on any atom is 0.307 e. The lowest BCUT2D eigenvalue weighted by molar-refractivity contribution is -0.142. The zero-order valence-electron chi connectivity index (χ0n) is 8.56. The number of hydrogen-bond donors (Lipinski definition) is 1. The zero-order chi connectivity index (χ0) is 10.7. The summed E-state index contributed by atoms with van der Waals surface area (Å²) in [6.45, 7) is 0. The minimum atomic E-state index is -0.657. The highest BCUT2D eigenvalue weighted by Gasteiger charge is 2.31. The Morgan fingerprint density at radius 1 is 1.40 bits per heavy atom. The summed E-state index contributed by atoms with van der Waals surface area (Å²) in [7, 11) is 0. The minimum absolute atomic E-state index is 0.135. The fourth-order valence-electron chi connectivity index (χ4n) is 2.36. The third-order valence-corrected chi connectivity index (χ3v) is 3.77. The number of carbonyl (C=O) groups is 1. The van der Waals surface area contributed by atoms with E-state index in [1.54, 1.807) is 16.8 Å². The van der Waals surface area contributed by atoms with Crippen LogP contribution in [0, 0.1) is 5.92 Å². The van der Waals surface area contributed by atoms with Gasteiger partial charge >= 0.3 is 5.97 Å². The van der Waals surface area contributed by atoms with Gasteiger partial charge in [-0.1, -0.05) is 19.3 Å². The predicted octanol–water partition coefficient (Wildman–Crippen LogP) is 2.89. The van der Waals surface area contributed by atoms with Crippen molar-refractivity contribution in [2.75, 3.05) is 0 Å². The normalized spacial score (nSPS) is 27.2. The first-order chi connectivity index (χ1) is 7.29. The molecule has 2 atom stereocenters. The maximum atomic E-state index is 11.2. The van der Waals surface area contributed by atoms with E-state index in [-0.39, 0.29) is 11.8 Å². The Bertz CT molecular complexity index is 323. The standard InChI is InChI=1S/C11H15NO2S/c13-11(14)9-5-3-1-2-4-8(9)10-6-15-7-12-10/h6-9H,1-5H2,(H,13,14). The summed E-state index contributed by atoms with van der Waals surface area (Å²) >= 11 is 1.55. The van der Waals surface area contributed by atoms with Crippen molar-refractivity contribution in [2.24, 2.45) is 5.92 Å². The molecule has 1 aromatic rings. The van der Waals surface area contributed by atoms with E-state index in [9.17, 15) is 9.90 Å². The molecular weight excluding hydrogens is 210 g/mol. The van der Waals surface area contributed by atoms with Gasteiger partial charge in [0.1, 0.15) is 0 Å². The fraction of sp³-hybridized carbons (Fsp3) is 0.636. The highest BCUT2D eigenvalue weighted by Crippen LogP contribution is 2.36. The molecule has 15 heavy (non-hydrogen) atoms. The molecule has 0 spiro atoms. The molecule has 2 rings (SSSR count). The average Bonchev–Trinajstić information content (AvgIpc) is 2.61. The Hall–Kier alpha value is -0.900. The van der Waals surface area contributed by atoms with Gasteiger partial charge in [-0.2, -0.15) is 0 Å². The molecule has 1 saturated carbocycles. The maximum absolute atomic E-state index is 11.2. The highest BCUT2D eigenvalue weighted by atomic mass is 32.1. The van der Waals surface area contributed by atoms with Crippen LogP contribution in [0.1, 0.15) is 43.7 Å². The minimum Gasteiger partial charge on any atom is -0.481 e. The van der Waals surface area contributed by atoms with Gasteiger partial charge in [0, 0.05) is 11.3 Å². The molecule has 1 heterocycles. The van der Waals surface area contributed by atoms with E-state index >= 15 is 0 Å². The van der Waals surface area contributed by atoms with Crippen molar-refractivity contribution in [3.8, 4) is 0 Å². The summed E-state index contributed by atoms with van der Waals surface area (Å²) in [6.07, 6.45) is 5.10. The molecule has 1 N–H and O–H groups in total. The van der Waals surface area contributed by atoms with Gasteiger partial charge in [0.2, 0.25) is 0 Å². The van der Waals surface area contributed by atoms with Crippen molar-refractivity contribution >= 4 is 17.3 Å². The van der Waals surface area contributed by atoms with Gasteiger partial charge in [0.15, 0.2) is 0 Å². The SMILES string of the molecule is O=C(O)C1CCCCCC1c1cscn1. The van der Waals surface area contributed by atoms with E-state index < -0.39 is 5.97 Å². The predicted molar refractivity (Wildman–Crippen MR) is 59.1 cm³/mol. The Morgan fingerprint density at radius 2 is 2.20 bits per heavy atom. The fourth-order valence-corrected chi connectivity index (χ4v) is 2.98. The lowest BCUT2D eigenvalue weighted by atomic mass is 9.86. The molecule has 2 unspecified atom stereocenters. The third kappa shape index (κ3) is 2.37. The number of thiazole rings is 1. The molecule has 1 aliphatic carbocycles. The zero-order valence-corrected chi connectivity index (χ0v) is 9.37. The number of rotatable bonds is 2. The number of aromatic nitrogens is 1. The Balaban J connectivity index is 2.20. The largest absolute Gasteiger partial charge is 0.481 e. The number of nitrogens with zero attached hydrogens (tertiary/aromatic N) is 1. The number of hydrogen-bond acceptors (Lipinski definition) is 3. The van der Waals surface area contributed by atoms with Gasteiger partial charge in [0.25, 0.3) is 0 Å². The molecule has 3 nitrogen and oxygen atoms in total. The molecule has 0 radical (unpaired) electrons. The second-order valence-electron chi connectivity index (χ2n) is 4.10. The van der Waals surface area contributed by atoms with Gasteiger partial charge in [-0.05, 0) is 12.8 Å². The monoisotopic (exact) mass is 225 g/mol. The molecular formula is C11H15NO2S. The summed E-state index contributed by atoms with van der Waals surface area (Å²) in [5.41, 5.74) is 2.77. The van der Waals surface area contributed by atoms with E-state index in [0.717, 1.165) is 37.8 Å². The van der Waals surface area contributed by atoms with Crippen LogP contribution in [0.4, 0.5) is 0 Å². The molecule has 82 valence electrons. The van der Waals surface area contributed by atoms with Crippen molar-refractivity contribution in [1.29, 1.82) is 0 Å². The lowest BCUT2D eigenvalue weighted by Gasteiger charge is -2.19. The van der Waals surface area contributed by atoms with E-state index in [0.29, 0.717) is 0 Å². The van der Waals surface area contributed by atoms with Gasteiger partial charge < -0.3 is 5.11 Å². The van der Waals surface area contributed by atoms with Crippen LogP contribution < -0.4 is 0 Å². The number of carboxylic acids is 1. The van der Waals surface area contributed by atoms with Crippen molar-refractivity contribution < 1.29 is 9.90 Å². The van der Waals surface area contributed by atoms with E-state index in [1.807, 2.05) is 5.38 Å². The first-order valence-corrected chi connectivity index (χ1v) is 6.34. The highest BCUT2D eigenvalue weighted by molar-refractivity contribution is 7.07. The summed E-state index contributed by atoms with van der Waals surface area (Å²) in [5.74, 6) is -0.749. The van der Waals surface area contributed by atoms with Crippen LogP contribution in [0.25, 0.3) is 0 Å². The van der Waals surface area contributed by atoms with Crippen LogP contribution in [0.5, 0.6) is 0 Å². The molecule has 0 bridgehead atoms. The van der Waals surface area contributed by atoms with Crippen LogP contribution >= 0.6 is 11.3 Å². The van der Waals surface area contributed by atoms with Crippen molar-refractivity contribution in [1.82, 2.24) is 4.98 Å². The summed E-state index contributed by atoms with van der Waals surface area (Å²) in [5, 5.41) is 11.2. The smallest absolute Gasteiger partial charge is 0.307 e. The molecule has 4 heteroatoms. The summed E-state index contributed by atoms with van der Waals surface area (Å²) in [4.78, 5) is 15.5. The summed E-state index contributed by atoms with van der Waals surface area (Å²) < 4.78 is 0. The van der Waals surface area contributed by atoms with E-state index in [2.05, 4.69) is 4.98 Å². The molecule has 0 saturated heterocycles. The van der Waals surface area contributed by atoms with Gasteiger partial charge in [-0.15, -0.1) is 11.3 Å². The third-order valence-electron chi connectivity index (χ3n) is 3.16. The molecule has 0 amide bonds. The van der Waals surface area contributed by atoms with Crippen LogP contribution in [0.2, 0.25) is 0 Å². The lowest BCUT2D eigenvalue weighted by Crippen LogP contribution is -2.21. The topological polar surface area (TPSA) is 50.2 Å². The Morgan fingerprint density at radius 3 is 2.87 bits per heavy atom. The molecule has 0 aliphatic heterocycles. The number of carboxylic acid groups (broad SMARTS) is 1. The van der Waals surface area contributed by atoms with Crippen LogP contribution in [-0.2, 0) is 4.79 Å². The molecule has 1 aromatic heterocycles. The van der Waals surface area contributed by atoms with E-state index in [4.69, 9.17) is 0 Å². The van der Waals surface area contributed by atoms with Crippen LogP contribution in [0.15, 0.2) is 10.9 Å². The van der Waals surface area contributed by atoms with Crippen LogP contribution in [-0.4, -0.2) is 16.1 Å². The van der Waals surface area contributed by atoms with E-state index in [1.165, 1.54) is 0 Å². The molecule has 1 fully saturated rings. The van der Waals surface area contributed by atoms with Crippen molar-refractivity contribution in [3.63, 3.8) is 0 Å². The van der Waals surface area contributed by atoms with Crippen molar-refractivity contribution in [2.45, 2.75) is 38.0 Å². The first kappa shape index (κ1) is 10.6. The van der Waals surface area contributed by atoms with Gasteiger partial charge in [-0.3, -0.25) is 4.79 Å².